The molecule has 0 aliphatic heterocycles. The van der Waals surface area contributed by atoms with Crippen molar-refractivity contribution < 1.29 is 14.1 Å². The van der Waals surface area contributed by atoms with Gasteiger partial charge in [-0.25, -0.2) is 0 Å². The van der Waals surface area contributed by atoms with Crippen molar-refractivity contribution in [3.8, 4) is 11.4 Å². The number of carbonyl (C=O) groups excluding carboxylic acids is 2. The Hall–Kier alpha value is -3.75. The summed E-state index contributed by atoms with van der Waals surface area (Å²) in [6, 6.07) is 9.76. The van der Waals surface area contributed by atoms with Crippen molar-refractivity contribution in [3.63, 3.8) is 0 Å². The third kappa shape index (κ3) is 4.57. The van der Waals surface area contributed by atoms with E-state index in [1.807, 2.05) is 19.9 Å². The van der Waals surface area contributed by atoms with Gasteiger partial charge < -0.3 is 20.1 Å². The van der Waals surface area contributed by atoms with Crippen LogP contribution in [-0.2, 0) is 17.8 Å². The van der Waals surface area contributed by atoms with E-state index in [2.05, 4.69) is 15.5 Å². The normalized spacial score (nSPS) is 10.7. The molecular weight excluding hydrogens is 374 g/mol. The summed E-state index contributed by atoms with van der Waals surface area (Å²) in [5, 5.41) is 6.58. The van der Waals surface area contributed by atoms with Crippen LogP contribution < -0.4 is 16.6 Å². The number of nitrogens with two attached hydrogens (primary N) is 1. The van der Waals surface area contributed by atoms with E-state index in [1.165, 1.54) is 12.1 Å². The average Bonchev–Trinajstić information content (AvgIpc) is 3.16. The van der Waals surface area contributed by atoms with Crippen LogP contribution in [0.25, 0.3) is 11.4 Å². The summed E-state index contributed by atoms with van der Waals surface area (Å²) in [6.07, 6.45) is 0.346. The predicted molar refractivity (Wildman–Crippen MR) is 106 cm³/mol. The number of hydrogen-bond acceptors (Lipinski definition) is 6. The Kier molecular flexibility index (Phi) is 5.87. The number of aromatic nitrogens is 3. The molecule has 2 heterocycles. The topological polar surface area (TPSA) is 133 Å². The Bertz CT molecular complexity index is 1100. The highest BCUT2D eigenvalue weighted by Crippen LogP contribution is 2.14. The fourth-order valence-electron chi connectivity index (χ4n) is 2.86. The summed E-state index contributed by atoms with van der Waals surface area (Å²) < 4.78 is 6.81. The molecule has 0 aliphatic rings. The summed E-state index contributed by atoms with van der Waals surface area (Å²) in [5.41, 5.74) is 7.11. The van der Waals surface area contributed by atoms with E-state index in [0.717, 1.165) is 5.69 Å². The molecule has 150 valence electrons. The fraction of sp³-hybridized carbons (Fsp3) is 0.250. The minimum absolute atomic E-state index is 0.117. The van der Waals surface area contributed by atoms with Gasteiger partial charge in [0.1, 0.15) is 0 Å². The van der Waals surface area contributed by atoms with Crippen molar-refractivity contribution in [2.24, 2.45) is 5.73 Å². The molecule has 0 fully saturated rings. The molecule has 0 radical (unpaired) electrons. The van der Waals surface area contributed by atoms with Gasteiger partial charge in [0.05, 0.1) is 5.56 Å². The zero-order chi connectivity index (χ0) is 21.0. The van der Waals surface area contributed by atoms with Crippen LogP contribution >= 0.6 is 0 Å². The van der Waals surface area contributed by atoms with Gasteiger partial charge in [0.15, 0.2) is 0 Å². The summed E-state index contributed by atoms with van der Waals surface area (Å²) in [5.74, 6) is -0.313. The number of anilines is 1. The molecule has 2 amide bonds. The van der Waals surface area contributed by atoms with Gasteiger partial charge in [-0.3, -0.25) is 14.4 Å². The predicted octanol–water partition coefficient (Wildman–Crippen LogP) is 1.90. The highest BCUT2D eigenvalue weighted by atomic mass is 16.5. The van der Waals surface area contributed by atoms with Crippen LogP contribution in [0, 0.1) is 6.92 Å². The molecule has 9 nitrogen and oxygen atoms in total. The summed E-state index contributed by atoms with van der Waals surface area (Å²) in [6.45, 7) is 4.29. The Morgan fingerprint density at radius 1 is 1.17 bits per heavy atom. The highest BCUT2D eigenvalue weighted by molar-refractivity contribution is 5.94. The van der Waals surface area contributed by atoms with Crippen LogP contribution in [0.15, 0.2) is 45.7 Å². The molecule has 0 spiro atoms. The van der Waals surface area contributed by atoms with Crippen molar-refractivity contribution in [2.75, 3.05) is 5.32 Å². The minimum Gasteiger partial charge on any atom is -0.366 e. The molecule has 0 unspecified atom stereocenters. The number of aryl methyl sites for hydroxylation is 2. The van der Waals surface area contributed by atoms with E-state index in [9.17, 15) is 14.4 Å². The van der Waals surface area contributed by atoms with Gasteiger partial charge in [-0.1, -0.05) is 5.16 Å². The number of pyridine rings is 1. The van der Waals surface area contributed by atoms with E-state index in [4.69, 9.17) is 10.3 Å². The molecule has 3 N–H and O–H groups in total. The second kappa shape index (κ2) is 8.51. The van der Waals surface area contributed by atoms with Crippen LogP contribution in [0.2, 0.25) is 0 Å². The van der Waals surface area contributed by atoms with Crippen LogP contribution in [-0.4, -0.2) is 26.5 Å². The maximum absolute atomic E-state index is 12.5. The van der Waals surface area contributed by atoms with Crippen molar-refractivity contribution in [2.45, 2.75) is 33.2 Å². The molecule has 0 bridgehead atoms. The van der Waals surface area contributed by atoms with Crippen molar-refractivity contribution in [3.05, 3.63) is 63.9 Å². The quantitative estimate of drug-likeness (QED) is 0.628. The minimum atomic E-state index is -0.533. The Morgan fingerprint density at radius 3 is 2.55 bits per heavy atom. The monoisotopic (exact) mass is 395 g/mol. The van der Waals surface area contributed by atoms with E-state index in [0.29, 0.717) is 23.4 Å². The lowest BCUT2D eigenvalue weighted by atomic mass is 10.2. The SMILES string of the molecule is CCn1c(C)ccc(-c2noc(CCC(=O)Nc3ccc(C(N)=O)cc3)n2)c1=O. The van der Waals surface area contributed by atoms with Gasteiger partial charge in [0, 0.05) is 36.3 Å². The molecule has 1 aromatic carbocycles. The lowest BCUT2D eigenvalue weighted by molar-refractivity contribution is -0.116. The molecule has 3 aromatic rings. The first-order valence-corrected chi connectivity index (χ1v) is 9.12. The zero-order valence-electron chi connectivity index (χ0n) is 16.1. The number of amides is 2. The van der Waals surface area contributed by atoms with Crippen LogP contribution in [0.5, 0.6) is 0 Å². The van der Waals surface area contributed by atoms with Crippen molar-refractivity contribution in [1.29, 1.82) is 0 Å². The number of carbonyl (C=O) groups is 2. The largest absolute Gasteiger partial charge is 0.366 e. The fourth-order valence-corrected chi connectivity index (χ4v) is 2.86. The molecule has 0 saturated carbocycles. The van der Waals surface area contributed by atoms with Gasteiger partial charge >= 0.3 is 0 Å². The molecule has 29 heavy (non-hydrogen) atoms. The van der Waals surface area contributed by atoms with Gasteiger partial charge in [-0.05, 0) is 50.2 Å². The zero-order valence-corrected chi connectivity index (χ0v) is 16.1. The number of nitrogens with one attached hydrogen (secondary N) is 1. The molecular formula is C20H21N5O4. The Balaban J connectivity index is 1.63. The number of hydrogen-bond donors (Lipinski definition) is 2. The first kappa shape index (κ1) is 20.0. The number of rotatable bonds is 7. The number of nitrogens with zero attached hydrogens (tertiary/aromatic N) is 3. The number of primary amides is 1. The number of benzene rings is 1. The van der Waals surface area contributed by atoms with Crippen LogP contribution in [0.4, 0.5) is 5.69 Å². The summed E-state index contributed by atoms with van der Waals surface area (Å²) in [7, 11) is 0. The standard InChI is InChI=1S/C20H21N5O4/c1-3-25-12(2)4-9-15(20(25)28)19-23-17(29-24-19)11-10-16(26)22-14-7-5-13(6-8-14)18(21)27/h4-9H,3,10-11H2,1-2H3,(H2,21,27)(H,22,26). The maximum atomic E-state index is 12.5. The van der Waals surface area contributed by atoms with Gasteiger partial charge in [0.2, 0.25) is 23.5 Å². The molecule has 0 aliphatic carbocycles. The second-order valence-electron chi connectivity index (χ2n) is 6.44. The third-order valence-corrected chi connectivity index (χ3v) is 4.44. The third-order valence-electron chi connectivity index (χ3n) is 4.44. The van der Waals surface area contributed by atoms with E-state index >= 15 is 0 Å². The first-order chi connectivity index (χ1) is 13.9. The van der Waals surface area contributed by atoms with E-state index < -0.39 is 5.91 Å². The van der Waals surface area contributed by atoms with Gasteiger partial charge in [-0.15, -0.1) is 0 Å². The Morgan fingerprint density at radius 2 is 1.90 bits per heavy atom. The molecule has 9 heteroatoms. The van der Waals surface area contributed by atoms with Crippen molar-refractivity contribution in [1.82, 2.24) is 14.7 Å². The second-order valence-corrected chi connectivity index (χ2v) is 6.44. The van der Waals surface area contributed by atoms with E-state index in [-0.39, 0.29) is 36.0 Å². The summed E-state index contributed by atoms with van der Waals surface area (Å²) in [4.78, 5) is 39.9. The van der Waals surface area contributed by atoms with Gasteiger partial charge in [-0.2, -0.15) is 4.98 Å². The first-order valence-electron chi connectivity index (χ1n) is 9.12. The summed E-state index contributed by atoms with van der Waals surface area (Å²) >= 11 is 0. The molecule has 0 atom stereocenters. The molecule has 2 aromatic heterocycles. The molecule has 0 saturated heterocycles. The van der Waals surface area contributed by atoms with Gasteiger partial charge in [0.25, 0.3) is 5.56 Å². The maximum Gasteiger partial charge on any atom is 0.261 e. The smallest absolute Gasteiger partial charge is 0.261 e. The lowest BCUT2D eigenvalue weighted by Gasteiger charge is -2.07. The highest BCUT2D eigenvalue weighted by Gasteiger charge is 2.15. The van der Waals surface area contributed by atoms with E-state index in [1.54, 1.807) is 22.8 Å². The van der Waals surface area contributed by atoms with Crippen molar-refractivity contribution >= 4 is 17.5 Å². The van der Waals surface area contributed by atoms with Crippen LogP contribution in [0.3, 0.4) is 0 Å². The lowest BCUT2D eigenvalue weighted by Crippen LogP contribution is -2.23. The Labute approximate surface area is 166 Å². The average molecular weight is 395 g/mol. The van der Waals surface area contributed by atoms with Crippen LogP contribution in [0.1, 0.15) is 35.3 Å². The molecule has 3 rings (SSSR count).